The van der Waals surface area contributed by atoms with E-state index < -0.39 is 0 Å². The molecule has 0 unspecified atom stereocenters. The summed E-state index contributed by atoms with van der Waals surface area (Å²) in [5, 5.41) is 0. The van der Waals surface area contributed by atoms with Crippen LogP contribution in [0.25, 0.3) is 0 Å². The second kappa shape index (κ2) is 3.18. The van der Waals surface area contributed by atoms with E-state index >= 15 is 0 Å². The first-order valence-electron chi connectivity index (χ1n) is 3.56. The van der Waals surface area contributed by atoms with Crippen molar-refractivity contribution in [3.05, 3.63) is 0 Å². The van der Waals surface area contributed by atoms with Crippen LogP contribution in [0.5, 0.6) is 0 Å². The third kappa shape index (κ3) is 2.33. The van der Waals surface area contributed by atoms with E-state index in [1.807, 2.05) is 6.92 Å². The van der Waals surface area contributed by atoms with Crippen molar-refractivity contribution < 1.29 is 9.47 Å². The zero-order valence-electron chi connectivity index (χ0n) is 6.09. The van der Waals surface area contributed by atoms with Crippen LogP contribution in [0.15, 0.2) is 0 Å². The minimum atomic E-state index is 0.00231. The minimum Gasteiger partial charge on any atom is -0.353 e. The average molecular weight is 130 g/mol. The van der Waals surface area contributed by atoms with Crippen molar-refractivity contribution in [2.24, 2.45) is 0 Å². The first-order valence-corrected chi connectivity index (χ1v) is 3.56. The highest BCUT2D eigenvalue weighted by Crippen LogP contribution is 2.11. The Balaban J connectivity index is 2.29. The van der Waals surface area contributed by atoms with Crippen LogP contribution in [-0.2, 0) is 9.47 Å². The van der Waals surface area contributed by atoms with Gasteiger partial charge in [-0.15, -0.1) is 0 Å². The summed E-state index contributed by atoms with van der Waals surface area (Å²) in [6, 6.07) is 0. The number of ether oxygens (including phenoxy) is 2. The van der Waals surface area contributed by atoms with Crippen molar-refractivity contribution in [1.29, 1.82) is 0 Å². The first kappa shape index (κ1) is 7.03. The molecule has 0 spiro atoms. The Morgan fingerprint density at radius 2 is 2.11 bits per heavy atom. The average Bonchev–Trinajstić information content (AvgIpc) is 1.93. The number of hydrogen-bond acceptors (Lipinski definition) is 2. The van der Waals surface area contributed by atoms with Gasteiger partial charge >= 0.3 is 0 Å². The Kier molecular flexibility index (Phi) is 2.49. The first-order chi connectivity index (χ1) is 4.29. The fourth-order valence-electron chi connectivity index (χ4n) is 1.05. The maximum absolute atomic E-state index is 5.39. The van der Waals surface area contributed by atoms with Crippen molar-refractivity contribution in [3.8, 4) is 0 Å². The molecular weight excluding hydrogens is 116 g/mol. The summed E-state index contributed by atoms with van der Waals surface area (Å²) in [7, 11) is 0. The lowest BCUT2D eigenvalue weighted by molar-refractivity contribution is -0.137. The van der Waals surface area contributed by atoms with Crippen molar-refractivity contribution in [2.45, 2.75) is 39.1 Å². The van der Waals surface area contributed by atoms with Crippen LogP contribution in [0, 0.1) is 0 Å². The second-order valence-corrected chi connectivity index (χ2v) is 2.53. The molecule has 9 heavy (non-hydrogen) atoms. The lowest BCUT2D eigenvalue weighted by Gasteiger charge is -2.12. The molecular formula is C7H14O2. The highest BCUT2D eigenvalue weighted by Gasteiger charge is 2.12. The molecule has 0 bridgehead atoms. The molecule has 54 valence electrons. The molecule has 1 aliphatic heterocycles. The lowest BCUT2D eigenvalue weighted by Crippen LogP contribution is -2.15. The van der Waals surface area contributed by atoms with Gasteiger partial charge in [0.25, 0.3) is 0 Å². The molecule has 2 atom stereocenters. The van der Waals surface area contributed by atoms with Crippen LogP contribution in [0.2, 0.25) is 0 Å². The molecule has 0 radical (unpaired) electrons. The molecule has 0 aromatic heterocycles. The Morgan fingerprint density at radius 1 is 1.33 bits per heavy atom. The molecule has 0 amide bonds. The van der Waals surface area contributed by atoms with Crippen LogP contribution < -0.4 is 0 Å². The standard InChI is InChI=1S/C7H14O2/c1-6-4-3-5-8-7(2)9-6/h6-7H,3-5H2,1-2H3/t6-,7+/m1/s1. The summed E-state index contributed by atoms with van der Waals surface area (Å²) in [6.07, 6.45) is 2.64. The highest BCUT2D eigenvalue weighted by atomic mass is 16.7. The van der Waals surface area contributed by atoms with Crippen LogP contribution in [-0.4, -0.2) is 19.0 Å². The maximum Gasteiger partial charge on any atom is 0.155 e. The van der Waals surface area contributed by atoms with Crippen molar-refractivity contribution >= 4 is 0 Å². The molecule has 0 saturated carbocycles. The van der Waals surface area contributed by atoms with E-state index in [0.29, 0.717) is 6.10 Å². The second-order valence-electron chi connectivity index (χ2n) is 2.53. The third-order valence-corrected chi connectivity index (χ3v) is 1.53. The summed E-state index contributed by atoms with van der Waals surface area (Å²) in [5.41, 5.74) is 0. The topological polar surface area (TPSA) is 18.5 Å². The van der Waals surface area contributed by atoms with Gasteiger partial charge in [-0.1, -0.05) is 0 Å². The van der Waals surface area contributed by atoms with Crippen LogP contribution in [0.1, 0.15) is 26.7 Å². The van der Waals surface area contributed by atoms with E-state index in [0.717, 1.165) is 19.4 Å². The van der Waals surface area contributed by atoms with Gasteiger partial charge in [-0.2, -0.15) is 0 Å². The summed E-state index contributed by atoms with van der Waals surface area (Å²) in [5.74, 6) is 0. The predicted octanol–water partition coefficient (Wildman–Crippen LogP) is 1.55. The van der Waals surface area contributed by atoms with Gasteiger partial charge in [-0.25, -0.2) is 0 Å². The van der Waals surface area contributed by atoms with Gasteiger partial charge in [0.1, 0.15) is 0 Å². The molecule has 1 rings (SSSR count). The largest absolute Gasteiger partial charge is 0.353 e. The van der Waals surface area contributed by atoms with Crippen LogP contribution in [0.3, 0.4) is 0 Å². The molecule has 0 aromatic carbocycles. The molecule has 1 aliphatic rings. The minimum absolute atomic E-state index is 0.00231. The number of rotatable bonds is 0. The van der Waals surface area contributed by atoms with Crippen molar-refractivity contribution in [2.75, 3.05) is 6.61 Å². The molecule has 1 saturated heterocycles. The quantitative estimate of drug-likeness (QED) is 0.495. The zero-order valence-corrected chi connectivity index (χ0v) is 6.09. The van der Waals surface area contributed by atoms with E-state index in [1.165, 1.54) is 0 Å². The summed E-state index contributed by atoms with van der Waals surface area (Å²) >= 11 is 0. The Labute approximate surface area is 56.2 Å². The lowest BCUT2D eigenvalue weighted by atomic mass is 10.2. The van der Waals surface area contributed by atoms with Gasteiger partial charge in [-0.3, -0.25) is 0 Å². The fraction of sp³-hybridized carbons (Fsp3) is 1.00. The summed E-state index contributed by atoms with van der Waals surface area (Å²) in [6.45, 7) is 4.89. The van der Waals surface area contributed by atoms with Gasteiger partial charge in [0.05, 0.1) is 6.10 Å². The maximum atomic E-state index is 5.39. The van der Waals surface area contributed by atoms with E-state index in [1.54, 1.807) is 0 Å². The summed E-state index contributed by atoms with van der Waals surface area (Å²) < 4.78 is 10.6. The molecule has 0 aromatic rings. The van der Waals surface area contributed by atoms with E-state index in [4.69, 9.17) is 9.47 Å². The Hall–Kier alpha value is -0.0800. The van der Waals surface area contributed by atoms with Crippen LogP contribution in [0.4, 0.5) is 0 Å². The monoisotopic (exact) mass is 130 g/mol. The Morgan fingerprint density at radius 3 is 2.89 bits per heavy atom. The zero-order chi connectivity index (χ0) is 6.69. The summed E-state index contributed by atoms with van der Waals surface area (Å²) in [4.78, 5) is 0. The molecule has 1 heterocycles. The van der Waals surface area contributed by atoms with Gasteiger partial charge in [0.2, 0.25) is 0 Å². The third-order valence-electron chi connectivity index (χ3n) is 1.53. The van der Waals surface area contributed by atoms with E-state index in [2.05, 4.69) is 6.92 Å². The SMILES string of the molecule is C[C@H]1OCCC[C@@H](C)O1. The van der Waals surface area contributed by atoms with E-state index in [9.17, 15) is 0 Å². The number of hydrogen-bond donors (Lipinski definition) is 0. The van der Waals surface area contributed by atoms with Gasteiger partial charge < -0.3 is 9.47 Å². The Bertz CT molecular complexity index is 73.0. The van der Waals surface area contributed by atoms with Crippen molar-refractivity contribution in [3.63, 3.8) is 0 Å². The van der Waals surface area contributed by atoms with Gasteiger partial charge in [-0.05, 0) is 26.7 Å². The van der Waals surface area contributed by atoms with Crippen LogP contribution >= 0.6 is 0 Å². The molecule has 2 heteroatoms. The molecule has 1 fully saturated rings. The van der Waals surface area contributed by atoms with Gasteiger partial charge in [0, 0.05) is 6.61 Å². The van der Waals surface area contributed by atoms with Gasteiger partial charge in [0.15, 0.2) is 6.29 Å². The highest BCUT2D eigenvalue weighted by molar-refractivity contribution is 4.54. The predicted molar refractivity (Wildman–Crippen MR) is 35.2 cm³/mol. The molecule has 0 aliphatic carbocycles. The fourth-order valence-corrected chi connectivity index (χ4v) is 1.05. The van der Waals surface area contributed by atoms with E-state index in [-0.39, 0.29) is 6.29 Å². The smallest absolute Gasteiger partial charge is 0.155 e. The molecule has 0 N–H and O–H groups in total. The normalized spacial score (nSPS) is 38.0. The molecule has 2 nitrogen and oxygen atoms in total. The van der Waals surface area contributed by atoms with Crippen molar-refractivity contribution in [1.82, 2.24) is 0 Å².